The molecule has 0 fully saturated rings. The van der Waals surface area contributed by atoms with E-state index < -0.39 is 0 Å². The largest absolute Gasteiger partial charge is 0.300 e. The third-order valence-corrected chi connectivity index (χ3v) is 2.15. The molecule has 1 heterocycles. The smallest absolute Gasteiger partial charge is 0.125 e. The lowest BCUT2D eigenvalue weighted by Gasteiger charge is -2.20. The van der Waals surface area contributed by atoms with Crippen molar-refractivity contribution in [3.63, 3.8) is 0 Å². The summed E-state index contributed by atoms with van der Waals surface area (Å²) < 4.78 is 0. The van der Waals surface area contributed by atoms with Gasteiger partial charge in [0.1, 0.15) is 5.82 Å². The molecule has 0 atom stereocenters. The first-order valence-corrected chi connectivity index (χ1v) is 4.57. The molecule has 1 aromatic rings. The summed E-state index contributed by atoms with van der Waals surface area (Å²) in [6, 6.07) is 0.557. The number of rotatable bonds is 3. The van der Waals surface area contributed by atoms with Gasteiger partial charge in [0.2, 0.25) is 0 Å². The number of nitrogens with zero attached hydrogens (tertiary/aromatic N) is 3. The normalized spacial score (nSPS) is 11.2. The lowest BCUT2D eigenvalue weighted by Crippen LogP contribution is -2.25. The number of hydrogen-bond acceptors (Lipinski definition) is 3. The molecule has 0 aliphatic carbocycles. The first kappa shape index (κ1) is 10.1. The second kappa shape index (κ2) is 4.33. The summed E-state index contributed by atoms with van der Waals surface area (Å²) in [7, 11) is 2.10. The molecular formula is C10H17N3. The summed E-state index contributed by atoms with van der Waals surface area (Å²) in [6.45, 7) is 7.16. The Kier molecular flexibility index (Phi) is 3.37. The van der Waals surface area contributed by atoms with E-state index in [0.717, 1.165) is 12.4 Å². The summed E-state index contributed by atoms with van der Waals surface area (Å²) >= 11 is 0. The Labute approximate surface area is 79.8 Å². The molecule has 72 valence electrons. The minimum absolute atomic E-state index is 0.557. The van der Waals surface area contributed by atoms with Crippen molar-refractivity contribution in [3.8, 4) is 0 Å². The molecule has 0 aliphatic heterocycles. The van der Waals surface area contributed by atoms with Crippen LogP contribution >= 0.6 is 0 Å². The van der Waals surface area contributed by atoms with Crippen LogP contribution in [0.15, 0.2) is 12.4 Å². The predicted molar refractivity (Wildman–Crippen MR) is 53.4 cm³/mol. The Balaban J connectivity index is 2.59. The van der Waals surface area contributed by atoms with E-state index in [1.807, 2.05) is 19.3 Å². The minimum atomic E-state index is 0.557. The van der Waals surface area contributed by atoms with Crippen molar-refractivity contribution in [1.82, 2.24) is 14.9 Å². The summed E-state index contributed by atoms with van der Waals surface area (Å²) in [4.78, 5) is 10.6. The molecule has 0 saturated heterocycles. The maximum absolute atomic E-state index is 4.15. The zero-order valence-electron chi connectivity index (χ0n) is 8.78. The van der Waals surface area contributed by atoms with Crippen LogP contribution in [0, 0.1) is 6.92 Å². The Morgan fingerprint density at radius 3 is 2.31 bits per heavy atom. The van der Waals surface area contributed by atoms with Crippen molar-refractivity contribution >= 4 is 0 Å². The third kappa shape index (κ3) is 3.11. The average molecular weight is 179 g/mol. The van der Waals surface area contributed by atoms with Crippen LogP contribution in [0.5, 0.6) is 0 Å². The Bertz CT molecular complexity index is 253. The van der Waals surface area contributed by atoms with Gasteiger partial charge in [0.15, 0.2) is 0 Å². The molecule has 0 bridgehead atoms. The van der Waals surface area contributed by atoms with Crippen LogP contribution in [-0.4, -0.2) is 28.0 Å². The van der Waals surface area contributed by atoms with Crippen LogP contribution in [0.2, 0.25) is 0 Å². The summed E-state index contributed by atoms with van der Waals surface area (Å²) in [5.74, 6) is 0.830. The Morgan fingerprint density at radius 2 is 1.85 bits per heavy atom. The van der Waals surface area contributed by atoms with Gasteiger partial charge in [-0.25, -0.2) is 9.97 Å². The summed E-state index contributed by atoms with van der Waals surface area (Å²) in [5.41, 5.74) is 1.17. The molecule has 1 aromatic heterocycles. The average Bonchev–Trinajstić information content (AvgIpc) is 2.08. The molecule has 1 rings (SSSR count). The minimum Gasteiger partial charge on any atom is -0.300 e. The van der Waals surface area contributed by atoms with Gasteiger partial charge in [-0.15, -0.1) is 0 Å². The van der Waals surface area contributed by atoms with E-state index >= 15 is 0 Å². The summed E-state index contributed by atoms with van der Waals surface area (Å²) in [5, 5.41) is 0. The van der Waals surface area contributed by atoms with Crippen LogP contribution in [0.1, 0.15) is 25.2 Å². The Hall–Kier alpha value is -0.960. The first-order valence-electron chi connectivity index (χ1n) is 4.57. The van der Waals surface area contributed by atoms with Crippen molar-refractivity contribution in [1.29, 1.82) is 0 Å². The third-order valence-electron chi connectivity index (χ3n) is 2.15. The lowest BCUT2D eigenvalue weighted by atomic mass is 10.2. The monoisotopic (exact) mass is 179 g/mol. The van der Waals surface area contributed by atoms with Crippen LogP contribution in [0.3, 0.4) is 0 Å². The molecule has 0 spiro atoms. The van der Waals surface area contributed by atoms with E-state index in [0.29, 0.717) is 6.04 Å². The second-order valence-corrected chi connectivity index (χ2v) is 3.65. The van der Waals surface area contributed by atoms with Gasteiger partial charge in [0.25, 0.3) is 0 Å². The van der Waals surface area contributed by atoms with Gasteiger partial charge in [-0.3, -0.25) is 4.90 Å². The van der Waals surface area contributed by atoms with Gasteiger partial charge in [-0.2, -0.15) is 0 Å². The fourth-order valence-electron chi connectivity index (χ4n) is 0.972. The number of aryl methyl sites for hydroxylation is 1. The van der Waals surface area contributed by atoms with Crippen LogP contribution < -0.4 is 0 Å². The van der Waals surface area contributed by atoms with Crippen molar-refractivity contribution < 1.29 is 0 Å². The topological polar surface area (TPSA) is 29.0 Å². The van der Waals surface area contributed by atoms with Gasteiger partial charge in [0, 0.05) is 30.5 Å². The lowest BCUT2D eigenvalue weighted by molar-refractivity contribution is 0.265. The zero-order chi connectivity index (χ0) is 9.84. The molecule has 0 aliphatic rings. The van der Waals surface area contributed by atoms with Gasteiger partial charge < -0.3 is 0 Å². The van der Waals surface area contributed by atoms with E-state index in [1.54, 1.807) is 0 Å². The molecule has 0 aromatic carbocycles. The molecule has 13 heavy (non-hydrogen) atoms. The van der Waals surface area contributed by atoms with Gasteiger partial charge in [-0.1, -0.05) is 0 Å². The van der Waals surface area contributed by atoms with E-state index in [9.17, 15) is 0 Å². The quantitative estimate of drug-likeness (QED) is 0.706. The fourth-order valence-corrected chi connectivity index (χ4v) is 0.972. The van der Waals surface area contributed by atoms with Gasteiger partial charge >= 0.3 is 0 Å². The number of hydrogen-bond donors (Lipinski definition) is 0. The van der Waals surface area contributed by atoms with Gasteiger partial charge in [0.05, 0.1) is 0 Å². The molecule has 0 radical (unpaired) electrons. The van der Waals surface area contributed by atoms with Crippen molar-refractivity contribution in [3.05, 3.63) is 23.8 Å². The zero-order valence-corrected chi connectivity index (χ0v) is 8.78. The van der Waals surface area contributed by atoms with E-state index in [2.05, 4.69) is 35.8 Å². The fraction of sp³-hybridized carbons (Fsp3) is 0.600. The highest BCUT2D eigenvalue weighted by Crippen LogP contribution is 2.03. The van der Waals surface area contributed by atoms with E-state index in [1.165, 1.54) is 5.56 Å². The van der Waals surface area contributed by atoms with Gasteiger partial charge in [-0.05, 0) is 27.8 Å². The molecule has 0 saturated carbocycles. The van der Waals surface area contributed by atoms with Crippen molar-refractivity contribution in [2.24, 2.45) is 0 Å². The van der Waals surface area contributed by atoms with E-state index in [4.69, 9.17) is 0 Å². The maximum Gasteiger partial charge on any atom is 0.125 e. The molecule has 0 unspecified atom stereocenters. The molecule has 0 amide bonds. The Morgan fingerprint density at radius 1 is 1.31 bits per heavy atom. The SMILES string of the molecule is Cc1ncc(CN(C)C(C)C)cn1. The van der Waals surface area contributed by atoms with E-state index in [-0.39, 0.29) is 0 Å². The maximum atomic E-state index is 4.15. The highest BCUT2D eigenvalue weighted by Gasteiger charge is 2.04. The first-order chi connectivity index (χ1) is 6.09. The highest BCUT2D eigenvalue weighted by molar-refractivity contribution is 5.04. The second-order valence-electron chi connectivity index (χ2n) is 3.65. The van der Waals surface area contributed by atoms with Crippen molar-refractivity contribution in [2.45, 2.75) is 33.4 Å². The molecule has 0 N–H and O–H groups in total. The highest BCUT2D eigenvalue weighted by atomic mass is 15.1. The predicted octanol–water partition coefficient (Wildman–Crippen LogP) is 1.63. The number of aromatic nitrogens is 2. The van der Waals surface area contributed by atoms with Crippen LogP contribution in [-0.2, 0) is 6.54 Å². The summed E-state index contributed by atoms with van der Waals surface area (Å²) in [6.07, 6.45) is 3.78. The van der Waals surface area contributed by atoms with Crippen molar-refractivity contribution in [2.75, 3.05) is 7.05 Å². The standard InChI is InChI=1S/C10H17N3/c1-8(2)13(4)7-10-5-11-9(3)12-6-10/h5-6,8H,7H2,1-4H3. The van der Waals surface area contributed by atoms with Crippen LogP contribution in [0.4, 0.5) is 0 Å². The molecular weight excluding hydrogens is 162 g/mol. The molecule has 3 nitrogen and oxygen atoms in total. The van der Waals surface area contributed by atoms with Crippen LogP contribution in [0.25, 0.3) is 0 Å². The molecule has 3 heteroatoms.